The van der Waals surface area contributed by atoms with E-state index in [4.69, 9.17) is 0 Å². The van der Waals surface area contributed by atoms with Crippen LogP contribution in [0.1, 0.15) is 19.8 Å². The van der Waals surface area contributed by atoms with Crippen molar-refractivity contribution in [2.24, 2.45) is 0 Å². The van der Waals surface area contributed by atoms with Gasteiger partial charge in [0.1, 0.15) is 0 Å². The van der Waals surface area contributed by atoms with E-state index in [2.05, 4.69) is 20.7 Å². The van der Waals surface area contributed by atoms with Crippen LogP contribution in [0.3, 0.4) is 0 Å². The first-order valence-corrected chi connectivity index (χ1v) is 7.38. The molecule has 88 valence electrons. The molecule has 6 heteroatoms. The monoisotopic (exact) mass is 304 g/mol. The predicted molar refractivity (Wildman–Crippen MR) is 68.9 cm³/mol. The van der Waals surface area contributed by atoms with Gasteiger partial charge in [-0.25, -0.2) is 0 Å². The average molecular weight is 305 g/mol. The second kappa shape index (κ2) is 4.25. The smallest absolute Gasteiger partial charge is 0.263 e. The third kappa shape index (κ3) is 1.91. The first-order chi connectivity index (χ1) is 7.56. The zero-order valence-corrected chi connectivity index (χ0v) is 11.3. The SMILES string of the molecule is CCCCN1c2cccc(Br)c2NS1(=O)=O. The van der Waals surface area contributed by atoms with Crippen LogP contribution in [-0.4, -0.2) is 15.0 Å². The molecule has 0 saturated heterocycles. The van der Waals surface area contributed by atoms with E-state index in [0.717, 1.165) is 23.0 Å². The van der Waals surface area contributed by atoms with Crippen LogP contribution >= 0.6 is 15.9 Å². The number of unbranched alkanes of at least 4 members (excludes halogenated alkanes) is 1. The molecule has 0 spiro atoms. The highest BCUT2D eigenvalue weighted by Crippen LogP contribution is 2.40. The van der Waals surface area contributed by atoms with Crippen molar-refractivity contribution in [2.45, 2.75) is 19.8 Å². The van der Waals surface area contributed by atoms with Crippen LogP contribution in [0.4, 0.5) is 11.4 Å². The van der Waals surface area contributed by atoms with Gasteiger partial charge in [-0.3, -0.25) is 9.03 Å². The first kappa shape index (κ1) is 11.7. The fourth-order valence-electron chi connectivity index (χ4n) is 1.68. The molecule has 1 aromatic rings. The van der Waals surface area contributed by atoms with Crippen molar-refractivity contribution in [1.29, 1.82) is 0 Å². The zero-order valence-electron chi connectivity index (χ0n) is 8.90. The Morgan fingerprint density at radius 2 is 2.19 bits per heavy atom. The van der Waals surface area contributed by atoms with Crippen LogP contribution in [-0.2, 0) is 10.2 Å². The van der Waals surface area contributed by atoms with E-state index in [0.29, 0.717) is 12.2 Å². The van der Waals surface area contributed by atoms with E-state index in [1.807, 2.05) is 25.1 Å². The maximum atomic E-state index is 11.9. The Bertz CT molecular complexity index is 502. The number of anilines is 2. The van der Waals surface area contributed by atoms with Gasteiger partial charge in [0.05, 0.1) is 11.4 Å². The summed E-state index contributed by atoms with van der Waals surface area (Å²) in [6, 6.07) is 5.47. The minimum absolute atomic E-state index is 0.523. The number of fused-ring (bicyclic) bond motifs is 1. The molecule has 0 amide bonds. The summed E-state index contributed by atoms with van der Waals surface area (Å²) in [5.74, 6) is 0. The molecule has 1 heterocycles. The normalized spacial score (nSPS) is 17.0. The molecule has 1 N–H and O–H groups in total. The molecule has 0 unspecified atom stereocenters. The molecule has 1 aliphatic rings. The van der Waals surface area contributed by atoms with Crippen LogP contribution < -0.4 is 9.03 Å². The molecule has 16 heavy (non-hydrogen) atoms. The number of hydrogen-bond donors (Lipinski definition) is 1. The van der Waals surface area contributed by atoms with Gasteiger partial charge in [-0.05, 0) is 34.5 Å². The van der Waals surface area contributed by atoms with Gasteiger partial charge >= 0.3 is 10.2 Å². The Morgan fingerprint density at radius 1 is 1.44 bits per heavy atom. The second-order valence-corrected chi connectivity index (χ2v) is 6.12. The lowest BCUT2D eigenvalue weighted by molar-refractivity contribution is 0.596. The van der Waals surface area contributed by atoms with Crippen molar-refractivity contribution in [2.75, 3.05) is 15.6 Å². The Balaban J connectivity index is 2.42. The van der Waals surface area contributed by atoms with Gasteiger partial charge in [0.15, 0.2) is 0 Å². The molecule has 0 saturated carbocycles. The second-order valence-electron chi connectivity index (χ2n) is 3.67. The van der Waals surface area contributed by atoms with Gasteiger partial charge in [0.25, 0.3) is 0 Å². The van der Waals surface area contributed by atoms with Crippen LogP contribution in [0.15, 0.2) is 22.7 Å². The van der Waals surface area contributed by atoms with Crippen molar-refractivity contribution in [3.05, 3.63) is 22.7 Å². The minimum Gasteiger partial charge on any atom is -0.263 e. The lowest BCUT2D eigenvalue weighted by atomic mass is 10.2. The number of para-hydroxylation sites is 1. The third-order valence-electron chi connectivity index (χ3n) is 2.50. The average Bonchev–Trinajstić information content (AvgIpc) is 2.48. The molecule has 0 atom stereocenters. The van der Waals surface area contributed by atoms with Gasteiger partial charge in [0, 0.05) is 11.0 Å². The molecule has 0 aromatic heterocycles. The quantitative estimate of drug-likeness (QED) is 0.933. The highest BCUT2D eigenvalue weighted by Gasteiger charge is 2.32. The van der Waals surface area contributed by atoms with Crippen LogP contribution in [0.25, 0.3) is 0 Å². The largest absolute Gasteiger partial charge is 0.324 e. The van der Waals surface area contributed by atoms with Gasteiger partial charge < -0.3 is 0 Å². The van der Waals surface area contributed by atoms with E-state index < -0.39 is 10.2 Å². The molecule has 0 bridgehead atoms. The van der Waals surface area contributed by atoms with Crippen molar-refractivity contribution < 1.29 is 8.42 Å². The van der Waals surface area contributed by atoms with Gasteiger partial charge in [0.2, 0.25) is 0 Å². The van der Waals surface area contributed by atoms with Crippen LogP contribution in [0, 0.1) is 0 Å². The molecule has 1 aromatic carbocycles. The summed E-state index contributed by atoms with van der Waals surface area (Å²) < 4.78 is 28.5. The number of nitrogens with one attached hydrogen (secondary N) is 1. The Morgan fingerprint density at radius 3 is 2.88 bits per heavy atom. The number of nitrogens with zero attached hydrogens (tertiary/aromatic N) is 1. The number of hydrogen-bond acceptors (Lipinski definition) is 2. The summed E-state index contributed by atoms with van der Waals surface area (Å²) in [5, 5.41) is 0. The fourth-order valence-corrected chi connectivity index (χ4v) is 3.63. The molecular formula is C10H13BrN2O2S. The number of rotatable bonds is 3. The summed E-state index contributed by atoms with van der Waals surface area (Å²) in [5.41, 5.74) is 1.36. The zero-order chi connectivity index (χ0) is 11.8. The molecule has 0 aliphatic carbocycles. The van der Waals surface area contributed by atoms with E-state index in [1.54, 1.807) is 0 Å². The lowest BCUT2D eigenvalue weighted by Gasteiger charge is -2.15. The van der Waals surface area contributed by atoms with Crippen LogP contribution in [0.5, 0.6) is 0 Å². The van der Waals surface area contributed by atoms with Gasteiger partial charge in [-0.2, -0.15) is 8.42 Å². The standard InChI is InChI=1S/C10H13BrN2O2S/c1-2-3-7-13-9-6-4-5-8(11)10(9)12-16(13,14)15/h4-6,12H,2-3,7H2,1H3. The predicted octanol–water partition coefficient (Wildman–Crippen LogP) is 2.73. The van der Waals surface area contributed by atoms with Crippen molar-refractivity contribution in [1.82, 2.24) is 0 Å². The lowest BCUT2D eigenvalue weighted by Crippen LogP contribution is -2.30. The summed E-state index contributed by atoms with van der Waals surface area (Å²) in [7, 11) is -3.39. The Labute approximate surface area is 104 Å². The van der Waals surface area contributed by atoms with Crippen molar-refractivity contribution in [3.63, 3.8) is 0 Å². The van der Waals surface area contributed by atoms with Gasteiger partial charge in [-0.15, -0.1) is 0 Å². The number of benzene rings is 1. The van der Waals surface area contributed by atoms with Crippen molar-refractivity contribution in [3.8, 4) is 0 Å². The van der Waals surface area contributed by atoms with E-state index in [9.17, 15) is 8.42 Å². The number of halogens is 1. The maximum Gasteiger partial charge on any atom is 0.324 e. The summed E-state index contributed by atoms with van der Waals surface area (Å²) in [4.78, 5) is 0. The minimum atomic E-state index is -3.39. The molecule has 0 radical (unpaired) electrons. The summed E-state index contributed by atoms with van der Waals surface area (Å²) in [6.07, 6.45) is 1.82. The third-order valence-corrected chi connectivity index (χ3v) is 4.58. The Hall–Kier alpha value is -0.750. The van der Waals surface area contributed by atoms with E-state index in [-0.39, 0.29) is 0 Å². The fraction of sp³-hybridized carbons (Fsp3) is 0.400. The summed E-state index contributed by atoms with van der Waals surface area (Å²) >= 11 is 3.34. The molecule has 1 aliphatic heterocycles. The Kier molecular flexibility index (Phi) is 3.12. The highest BCUT2D eigenvalue weighted by molar-refractivity contribution is 9.10. The molecule has 2 rings (SSSR count). The van der Waals surface area contributed by atoms with Gasteiger partial charge in [-0.1, -0.05) is 19.4 Å². The topological polar surface area (TPSA) is 49.4 Å². The molecular weight excluding hydrogens is 292 g/mol. The first-order valence-electron chi connectivity index (χ1n) is 5.15. The van der Waals surface area contributed by atoms with Crippen LogP contribution in [0.2, 0.25) is 0 Å². The van der Waals surface area contributed by atoms with E-state index >= 15 is 0 Å². The van der Waals surface area contributed by atoms with E-state index in [1.165, 1.54) is 4.31 Å². The van der Waals surface area contributed by atoms with Crippen molar-refractivity contribution >= 4 is 37.5 Å². The maximum absolute atomic E-state index is 11.9. The molecule has 0 fully saturated rings. The molecule has 4 nitrogen and oxygen atoms in total. The highest BCUT2D eigenvalue weighted by atomic mass is 79.9. The summed E-state index contributed by atoms with van der Waals surface area (Å²) in [6.45, 7) is 2.56.